The van der Waals surface area contributed by atoms with E-state index in [0.29, 0.717) is 12.2 Å². The largest absolute Gasteiger partial charge is 0.463 e. The van der Waals surface area contributed by atoms with Crippen molar-refractivity contribution in [2.45, 2.75) is 20.3 Å². The molecule has 3 heteroatoms. The summed E-state index contributed by atoms with van der Waals surface area (Å²) in [5.41, 5.74) is 1.70. The minimum absolute atomic E-state index is 0.176. The molecule has 18 heavy (non-hydrogen) atoms. The number of esters is 1. The average Bonchev–Trinajstić information content (AvgIpc) is 2.37. The first-order chi connectivity index (χ1) is 8.67. The molecule has 0 aliphatic carbocycles. The van der Waals surface area contributed by atoms with Gasteiger partial charge in [-0.3, -0.25) is 4.79 Å². The first kappa shape index (κ1) is 14.2. The summed E-state index contributed by atoms with van der Waals surface area (Å²) in [6.07, 6.45) is 4.83. The standard InChI is InChI=1S/C15H18O3/c1-3-18-15(17)9-8-12(2)10-13-6-4-5-7-14(13)11-16/h4-9,11-12H,3,10H2,1-2H3. The van der Waals surface area contributed by atoms with Crippen molar-refractivity contribution in [3.8, 4) is 0 Å². The van der Waals surface area contributed by atoms with Gasteiger partial charge in [-0.05, 0) is 24.8 Å². The summed E-state index contributed by atoms with van der Waals surface area (Å²) < 4.78 is 4.81. The fourth-order valence-electron chi connectivity index (χ4n) is 1.68. The second-order valence-electron chi connectivity index (χ2n) is 4.11. The van der Waals surface area contributed by atoms with Crippen LogP contribution in [0.1, 0.15) is 29.8 Å². The third kappa shape index (κ3) is 4.53. The molecule has 0 aliphatic heterocycles. The highest BCUT2D eigenvalue weighted by atomic mass is 16.5. The molecule has 1 rings (SSSR count). The SMILES string of the molecule is CCOC(=O)C=CC(C)Cc1ccccc1C=O. The van der Waals surface area contributed by atoms with E-state index in [0.717, 1.165) is 18.3 Å². The summed E-state index contributed by atoms with van der Waals surface area (Å²) >= 11 is 0. The molecule has 0 spiro atoms. The molecule has 0 heterocycles. The van der Waals surface area contributed by atoms with Crippen LogP contribution in [0, 0.1) is 5.92 Å². The maximum absolute atomic E-state index is 11.2. The van der Waals surface area contributed by atoms with Gasteiger partial charge in [0.05, 0.1) is 6.61 Å². The second kappa shape index (κ2) is 7.43. The summed E-state index contributed by atoms with van der Waals surface area (Å²) in [4.78, 5) is 22.0. The molecular formula is C15H18O3. The van der Waals surface area contributed by atoms with Gasteiger partial charge in [-0.15, -0.1) is 0 Å². The van der Waals surface area contributed by atoms with Crippen LogP contribution in [0.15, 0.2) is 36.4 Å². The van der Waals surface area contributed by atoms with Crippen molar-refractivity contribution >= 4 is 12.3 Å². The van der Waals surface area contributed by atoms with E-state index in [4.69, 9.17) is 4.74 Å². The van der Waals surface area contributed by atoms with Crippen molar-refractivity contribution in [1.82, 2.24) is 0 Å². The Balaban J connectivity index is 2.61. The van der Waals surface area contributed by atoms with E-state index in [-0.39, 0.29) is 11.9 Å². The lowest BCUT2D eigenvalue weighted by Crippen LogP contribution is -2.03. The van der Waals surface area contributed by atoms with Gasteiger partial charge in [0.15, 0.2) is 0 Å². The Morgan fingerprint density at radius 3 is 2.78 bits per heavy atom. The lowest BCUT2D eigenvalue weighted by molar-refractivity contribution is -0.137. The van der Waals surface area contributed by atoms with Gasteiger partial charge >= 0.3 is 5.97 Å². The van der Waals surface area contributed by atoms with Crippen molar-refractivity contribution in [2.24, 2.45) is 5.92 Å². The van der Waals surface area contributed by atoms with E-state index in [1.807, 2.05) is 25.1 Å². The van der Waals surface area contributed by atoms with Gasteiger partial charge < -0.3 is 4.74 Å². The number of allylic oxidation sites excluding steroid dienone is 1. The van der Waals surface area contributed by atoms with Crippen LogP contribution >= 0.6 is 0 Å². The van der Waals surface area contributed by atoms with Crippen molar-refractivity contribution in [3.63, 3.8) is 0 Å². The number of carbonyl (C=O) groups is 2. The van der Waals surface area contributed by atoms with Gasteiger partial charge in [0.25, 0.3) is 0 Å². The summed E-state index contributed by atoms with van der Waals surface area (Å²) in [6, 6.07) is 7.47. The molecule has 0 saturated heterocycles. The zero-order chi connectivity index (χ0) is 13.4. The van der Waals surface area contributed by atoms with Crippen molar-refractivity contribution < 1.29 is 14.3 Å². The van der Waals surface area contributed by atoms with Crippen LogP contribution < -0.4 is 0 Å². The van der Waals surface area contributed by atoms with Gasteiger partial charge in [0, 0.05) is 11.6 Å². The number of aldehydes is 1. The third-order valence-electron chi connectivity index (χ3n) is 2.57. The Labute approximate surface area is 107 Å². The number of benzene rings is 1. The van der Waals surface area contributed by atoms with Gasteiger partial charge in [-0.1, -0.05) is 37.3 Å². The van der Waals surface area contributed by atoms with Crippen LogP contribution in [0.4, 0.5) is 0 Å². The summed E-state index contributed by atoms with van der Waals surface area (Å²) in [5, 5.41) is 0. The minimum atomic E-state index is -0.326. The molecule has 96 valence electrons. The normalized spacial score (nSPS) is 12.3. The van der Waals surface area contributed by atoms with Gasteiger partial charge in [-0.2, -0.15) is 0 Å². The topological polar surface area (TPSA) is 43.4 Å². The van der Waals surface area contributed by atoms with Crippen molar-refractivity contribution in [3.05, 3.63) is 47.5 Å². The van der Waals surface area contributed by atoms with E-state index < -0.39 is 0 Å². The maximum Gasteiger partial charge on any atom is 0.330 e. The summed E-state index contributed by atoms with van der Waals surface area (Å²) in [7, 11) is 0. The van der Waals surface area contributed by atoms with Crippen LogP contribution in [0.25, 0.3) is 0 Å². The minimum Gasteiger partial charge on any atom is -0.463 e. The predicted molar refractivity (Wildman–Crippen MR) is 70.5 cm³/mol. The summed E-state index contributed by atoms with van der Waals surface area (Å²) in [5.74, 6) is -0.150. The van der Waals surface area contributed by atoms with Crippen LogP contribution in [0.2, 0.25) is 0 Å². The van der Waals surface area contributed by atoms with Crippen molar-refractivity contribution in [2.75, 3.05) is 6.61 Å². The zero-order valence-corrected chi connectivity index (χ0v) is 10.8. The highest BCUT2D eigenvalue weighted by molar-refractivity contribution is 5.82. The van der Waals surface area contributed by atoms with Gasteiger partial charge in [0.1, 0.15) is 6.29 Å². The van der Waals surface area contributed by atoms with Gasteiger partial charge in [-0.25, -0.2) is 4.79 Å². The van der Waals surface area contributed by atoms with Crippen LogP contribution in [-0.2, 0) is 16.0 Å². The van der Waals surface area contributed by atoms with Crippen molar-refractivity contribution in [1.29, 1.82) is 0 Å². The molecular weight excluding hydrogens is 228 g/mol. The Hall–Kier alpha value is -1.90. The summed E-state index contributed by atoms with van der Waals surface area (Å²) in [6.45, 7) is 4.15. The maximum atomic E-state index is 11.2. The predicted octanol–water partition coefficient (Wildman–Crippen LogP) is 2.80. The van der Waals surface area contributed by atoms with Crippen LogP contribution in [0.3, 0.4) is 0 Å². The molecule has 0 radical (unpaired) electrons. The Bertz CT molecular complexity index is 435. The Morgan fingerprint density at radius 2 is 2.11 bits per heavy atom. The van der Waals surface area contributed by atoms with Crippen LogP contribution in [0.5, 0.6) is 0 Å². The molecule has 1 unspecified atom stereocenters. The monoisotopic (exact) mass is 246 g/mol. The van der Waals surface area contributed by atoms with E-state index in [1.54, 1.807) is 19.1 Å². The molecule has 0 fully saturated rings. The van der Waals surface area contributed by atoms with E-state index in [9.17, 15) is 9.59 Å². The molecule has 0 bridgehead atoms. The number of ether oxygens (including phenoxy) is 1. The molecule has 0 aliphatic rings. The zero-order valence-electron chi connectivity index (χ0n) is 10.8. The quantitative estimate of drug-likeness (QED) is 0.440. The number of carbonyl (C=O) groups excluding carboxylic acids is 2. The fraction of sp³-hybridized carbons (Fsp3) is 0.333. The smallest absolute Gasteiger partial charge is 0.330 e. The molecule has 0 N–H and O–H groups in total. The number of hydrogen-bond donors (Lipinski definition) is 0. The highest BCUT2D eigenvalue weighted by Gasteiger charge is 2.05. The average molecular weight is 246 g/mol. The molecule has 1 atom stereocenters. The first-order valence-electron chi connectivity index (χ1n) is 6.05. The third-order valence-corrected chi connectivity index (χ3v) is 2.57. The number of hydrogen-bond acceptors (Lipinski definition) is 3. The van der Waals surface area contributed by atoms with E-state index in [1.165, 1.54) is 6.08 Å². The lowest BCUT2D eigenvalue weighted by Gasteiger charge is -2.08. The highest BCUT2D eigenvalue weighted by Crippen LogP contribution is 2.13. The molecule has 3 nitrogen and oxygen atoms in total. The lowest BCUT2D eigenvalue weighted by atomic mass is 9.97. The second-order valence-corrected chi connectivity index (χ2v) is 4.11. The Kier molecular flexibility index (Phi) is 5.85. The van der Waals surface area contributed by atoms with E-state index >= 15 is 0 Å². The Morgan fingerprint density at radius 1 is 1.39 bits per heavy atom. The fourth-order valence-corrected chi connectivity index (χ4v) is 1.68. The molecule has 0 aromatic heterocycles. The van der Waals surface area contributed by atoms with Gasteiger partial charge in [0.2, 0.25) is 0 Å². The molecule has 1 aromatic rings. The molecule has 0 saturated carbocycles. The number of rotatable bonds is 6. The molecule has 1 aromatic carbocycles. The van der Waals surface area contributed by atoms with Crippen LogP contribution in [-0.4, -0.2) is 18.9 Å². The van der Waals surface area contributed by atoms with E-state index in [2.05, 4.69) is 0 Å². The first-order valence-corrected chi connectivity index (χ1v) is 6.05. The molecule has 0 amide bonds.